The molecule has 0 radical (unpaired) electrons. The minimum atomic E-state index is -3.24. The summed E-state index contributed by atoms with van der Waals surface area (Å²) in [6.45, 7) is 1.46. The number of aromatic nitrogens is 2. The SMILES string of the molecule is Cn1nccc1[C@@H]1OCC[C@H]1CNC(=O)CN1CCCS1(=O)=O. The molecule has 2 aliphatic rings. The highest BCUT2D eigenvalue weighted by Crippen LogP contribution is 2.33. The molecule has 1 N–H and O–H groups in total. The van der Waals surface area contributed by atoms with E-state index in [1.165, 1.54) is 4.31 Å². The van der Waals surface area contributed by atoms with Gasteiger partial charge in [0, 0.05) is 38.9 Å². The Bertz CT molecular complexity index is 672. The van der Waals surface area contributed by atoms with Crippen LogP contribution in [0.25, 0.3) is 0 Å². The Labute approximate surface area is 135 Å². The molecule has 2 fully saturated rings. The molecule has 2 saturated heterocycles. The average Bonchev–Trinajstić information content (AvgIpc) is 3.18. The van der Waals surface area contributed by atoms with Gasteiger partial charge in [0.2, 0.25) is 15.9 Å². The molecule has 8 nitrogen and oxygen atoms in total. The van der Waals surface area contributed by atoms with Gasteiger partial charge in [0.1, 0.15) is 6.10 Å². The van der Waals surface area contributed by atoms with E-state index in [1.54, 1.807) is 10.9 Å². The number of hydrogen-bond donors (Lipinski definition) is 1. The molecular weight excluding hydrogens is 320 g/mol. The zero-order valence-electron chi connectivity index (χ0n) is 13.1. The second-order valence-electron chi connectivity index (χ2n) is 6.03. The predicted molar refractivity (Wildman–Crippen MR) is 83.0 cm³/mol. The molecule has 3 heterocycles. The van der Waals surface area contributed by atoms with Crippen molar-refractivity contribution in [3.8, 4) is 0 Å². The van der Waals surface area contributed by atoms with Crippen LogP contribution >= 0.6 is 0 Å². The zero-order valence-corrected chi connectivity index (χ0v) is 14.0. The van der Waals surface area contributed by atoms with Crippen LogP contribution < -0.4 is 5.32 Å². The van der Waals surface area contributed by atoms with E-state index >= 15 is 0 Å². The molecule has 9 heteroatoms. The molecular formula is C14H22N4O4S. The Morgan fingerprint density at radius 1 is 1.52 bits per heavy atom. The van der Waals surface area contributed by atoms with E-state index in [0.29, 0.717) is 26.1 Å². The molecule has 0 spiro atoms. The van der Waals surface area contributed by atoms with Gasteiger partial charge in [-0.1, -0.05) is 0 Å². The molecule has 0 unspecified atom stereocenters. The summed E-state index contributed by atoms with van der Waals surface area (Å²) in [7, 11) is -1.37. The largest absolute Gasteiger partial charge is 0.372 e. The first-order valence-corrected chi connectivity index (χ1v) is 9.42. The molecule has 0 bridgehead atoms. The Morgan fingerprint density at radius 2 is 2.35 bits per heavy atom. The lowest BCUT2D eigenvalue weighted by molar-refractivity contribution is -0.121. The third kappa shape index (κ3) is 3.56. The number of nitrogens with one attached hydrogen (secondary N) is 1. The van der Waals surface area contributed by atoms with Crippen LogP contribution in [0, 0.1) is 5.92 Å². The van der Waals surface area contributed by atoms with E-state index < -0.39 is 10.0 Å². The van der Waals surface area contributed by atoms with Crippen LogP contribution in [-0.4, -0.2) is 60.4 Å². The van der Waals surface area contributed by atoms with Gasteiger partial charge < -0.3 is 10.1 Å². The third-order valence-corrected chi connectivity index (χ3v) is 6.35. The predicted octanol–water partition coefficient (Wildman–Crippen LogP) is -0.351. The highest BCUT2D eigenvalue weighted by atomic mass is 32.2. The summed E-state index contributed by atoms with van der Waals surface area (Å²) in [4.78, 5) is 12.0. The van der Waals surface area contributed by atoms with E-state index in [0.717, 1.165) is 12.1 Å². The molecule has 2 aliphatic heterocycles. The Hall–Kier alpha value is -1.45. The number of ether oxygens (including phenoxy) is 1. The summed E-state index contributed by atoms with van der Waals surface area (Å²) in [5, 5.41) is 7.00. The minimum Gasteiger partial charge on any atom is -0.372 e. The van der Waals surface area contributed by atoms with Crippen molar-refractivity contribution in [3.05, 3.63) is 18.0 Å². The molecule has 3 rings (SSSR count). The van der Waals surface area contributed by atoms with Crippen LogP contribution in [0.3, 0.4) is 0 Å². The monoisotopic (exact) mass is 342 g/mol. The number of carbonyl (C=O) groups excluding carboxylic acids is 1. The summed E-state index contributed by atoms with van der Waals surface area (Å²) in [6.07, 6.45) is 3.09. The smallest absolute Gasteiger partial charge is 0.235 e. The van der Waals surface area contributed by atoms with Gasteiger partial charge in [-0.2, -0.15) is 9.40 Å². The Morgan fingerprint density at radius 3 is 3.00 bits per heavy atom. The van der Waals surface area contributed by atoms with Gasteiger partial charge in [0.25, 0.3) is 0 Å². The number of aryl methyl sites for hydroxylation is 1. The molecule has 23 heavy (non-hydrogen) atoms. The zero-order chi connectivity index (χ0) is 16.4. The number of amides is 1. The summed E-state index contributed by atoms with van der Waals surface area (Å²) < 4.78 is 32.2. The normalized spacial score (nSPS) is 27.3. The standard InChI is InChI=1S/C14H22N4O4S/c1-17-12(3-5-16-17)14-11(4-7-22-14)9-15-13(19)10-18-6-2-8-23(18,20)21/h3,5,11,14H,2,4,6-10H2,1H3,(H,15,19)/t11-,14+/m0/s1. The fourth-order valence-corrected chi connectivity index (χ4v) is 4.64. The van der Waals surface area contributed by atoms with Gasteiger partial charge in [-0.25, -0.2) is 8.42 Å². The summed E-state index contributed by atoms with van der Waals surface area (Å²) in [5.74, 6) is 0.0509. The molecule has 2 atom stereocenters. The lowest BCUT2D eigenvalue weighted by Crippen LogP contribution is -2.40. The lowest BCUT2D eigenvalue weighted by Gasteiger charge is -2.20. The maximum atomic E-state index is 12.0. The Balaban J connectivity index is 1.53. The molecule has 0 aromatic carbocycles. The van der Waals surface area contributed by atoms with Gasteiger partial charge in [0.05, 0.1) is 18.0 Å². The average molecular weight is 342 g/mol. The van der Waals surface area contributed by atoms with E-state index in [4.69, 9.17) is 4.74 Å². The second-order valence-corrected chi connectivity index (χ2v) is 8.12. The third-order valence-electron chi connectivity index (χ3n) is 4.45. The number of sulfonamides is 1. The van der Waals surface area contributed by atoms with Crippen molar-refractivity contribution in [2.75, 3.05) is 32.0 Å². The topological polar surface area (TPSA) is 93.5 Å². The van der Waals surface area contributed by atoms with Crippen LogP contribution in [0.1, 0.15) is 24.6 Å². The number of hydrogen-bond acceptors (Lipinski definition) is 5. The second kappa shape index (κ2) is 6.58. The number of nitrogens with zero attached hydrogens (tertiary/aromatic N) is 3. The van der Waals surface area contributed by atoms with E-state index in [2.05, 4.69) is 10.4 Å². The highest BCUT2D eigenvalue weighted by molar-refractivity contribution is 7.89. The van der Waals surface area contributed by atoms with E-state index in [1.807, 2.05) is 13.1 Å². The van der Waals surface area contributed by atoms with Gasteiger partial charge in [0.15, 0.2) is 0 Å². The molecule has 128 valence electrons. The summed E-state index contributed by atoms with van der Waals surface area (Å²) in [5.41, 5.74) is 0.990. The van der Waals surface area contributed by atoms with E-state index in [9.17, 15) is 13.2 Å². The molecule has 1 amide bonds. The van der Waals surface area contributed by atoms with Gasteiger partial charge in [-0.15, -0.1) is 0 Å². The molecule has 0 saturated carbocycles. The maximum absolute atomic E-state index is 12.0. The van der Waals surface area contributed by atoms with Crippen molar-refractivity contribution in [2.45, 2.75) is 18.9 Å². The number of carbonyl (C=O) groups is 1. The van der Waals surface area contributed by atoms with Crippen molar-refractivity contribution in [1.82, 2.24) is 19.4 Å². The van der Waals surface area contributed by atoms with Crippen molar-refractivity contribution < 1.29 is 17.9 Å². The first kappa shape index (κ1) is 16.4. The first-order valence-electron chi connectivity index (χ1n) is 7.81. The summed E-state index contributed by atoms with van der Waals surface area (Å²) in [6, 6.07) is 1.92. The van der Waals surface area contributed by atoms with Crippen molar-refractivity contribution in [1.29, 1.82) is 0 Å². The summed E-state index contributed by atoms with van der Waals surface area (Å²) >= 11 is 0. The quantitative estimate of drug-likeness (QED) is 0.789. The van der Waals surface area contributed by atoms with Gasteiger partial charge in [-0.3, -0.25) is 9.48 Å². The first-order chi connectivity index (χ1) is 11.0. The highest BCUT2D eigenvalue weighted by Gasteiger charge is 2.33. The van der Waals surface area contributed by atoms with Gasteiger partial charge in [-0.05, 0) is 18.9 Å². The lowest BCUT2D eigenvalue weighted by atomic mass is 9.99. The van der Waals surface area contributed by atoms with Gasteiger partial charge >= 0.3 is 0 Å². The maximum Gasteiger partial charge on any atom is 0.235 e. The van der Waals surface area contributed by atoms with Crippen LogP contribution in [0.5, 0.6) is 0 Å². The fourth-order valence-electron chi connectivity index (χ4n) is 3.16. The van der Waals surface area contributed by atoms with E-state index in [-0.39, 0.29) is 30.2 Å². The fraction of sp³-hybridized carbons (Fsp3) is 0.714. The van der Waals surface area contributed by atoms with Crippen molar-refractivity contribution in [3.63, 3.8) is 0 Å². The van der Waals surface area contributed by atoms with Crippen molar-refractivity contribution >= 4 is 15.9 Å². The molecule has 1 aromatic rings. The van der Waals surface area contributed by atoms with Crippen LogP contribution in [0.4, 0.5) is 0 Å². The minimum absolute atomic E-state index is 0.0849. The molecule has 1 aromatic heterocycles. The van der Waals surface area contributed by atoms with Crippen LogP contribution in [0.15, 0.2) is 12.3 Å². The number of rotatable bonds is 5. The van der Waals surface area contributed by atoms with Crippen molar-refractivity contribution in [2.24, 2.45) is 13.0 Å². The van der Waals surface area contributed by atoms with Crippen LogP contribution in [0.2, 0.25) is 0 Å². The molecule has 0 aliphatic carbocycles. The Kier molecular flexibility index (Phi) is 4.69. The van der Waals surface area contributed by atoms with Crippen LogP contribution in [-0.2, 0) is 26.6 Å².